The molecule has 3 N–H and O–H groups in total. The smallest absolute Gasteiger partial charge is 0.248 e. The summed E-state index contributed by atoms with van der Waals surface area (Å²) in [4.78, 5) is 195. The van der Waals surface area contributed by atoms with Gasteiger partial charge in [0, 0.05) is 93.0 Å². The summed E-state index contributed by atoms with van der Waals surface area (Å²) in [5.41, 5.74) is -2.03. The average molecular weight is 1490 g/mol. The quantitative estimate of drug-likeness (QED) is 0.143. The zero-order valence-electron chi connectivity index (χ0n) is 67.2. The van der Waals surface area contributed by atoms with Crippen molar-refractivity contribution in [1.82, 2.24) is 60.0 Å². The van der Waals surface area contributed by atoms with Gasteiger partial charge in [-0.2, -0.15) is 11.8 Å². The van der Waals surface area contributed by atoms with E-state index in [1.807, 2.05) is 60.6 Å². The molecule has 3 saturated heterocycles. The second kappa shape index (κ2) is 37.7. The number of ether oxygens (including phenoxy) is 1. The van der Waals surface area contributed by atoms with Gasteiger partial charge in [-0.25, -0.2) is 0 Å². The van der Waals surface area contributed by atoms with Gasteiger partial charge in [-0.3, -0.25) is 57.5 Å². The van der Waals surface area contributed by atoms with Gasteiger partial charge in [-0.15, -0.1) is 0 Å². The van der Waals surface area contributed by atoms with Crippen LogP contribution in [0.25, 0.3) is 0 Å². The molecule has 4 aliphatic heterocycles. The monoisotopic (exact) mass is 1490 g/mol. The largest absolute Gasteiger partial charge is 0.377 e. The molecular formula is C79H132N12O13S. The number of carbonyl (C=O) groups excluding carboxylic acids is 12. The van der Waals surface area contributed by atoms with Crippen molar-refractivity contribution in [3.8, 4) is 0 Å². The van der Waals surface area contributed by atoms with Gasteiger partial charge in [0.2, 0.25) is 70.9 Å². The van der Waals surface area contributed by atoms with E-state index >= 15 is 33.6 Å². The molecule has 3 aliphatic carbocycles. The molecule has 592 valence electrons. The number of carbonyl (C=O) groups is 12. The normalized spacial score (nSPS) is 33.0. The first-order valence-electron chi connectivity index (χ1n) is 39.7. The van der Waals surface area contributed by atoms with Crippen molar-refractivity contribution in [2.24, 2.45) is 46.8 Å². The Morgan fingerprint density at radius 2 is 1.30 bits per heavy atom. The molecule has 105 heavy (non-hydrogen) atoms. The molecule has 26 heteroatoms. The van der Waals surface area contributed by atoms with Gasteiger partial charge in [-0.1, -0.05) is 133 Å². The minimum atomic E-state index is -1.57. The SMILES string of the molecule is CCC[C@H]1C(=O)N[C@@H]([C@@H](C)CC)C(=O)N(C)CC(=O)N(C)[C@H]2C/C=C\CCN(C2=O)[C@@H](CC2CCC(C)CC2)C(=O)N(C)CC(=O)N[C@@H](CCC2CCC3SC(C)C(C)C3C2)C(=O)N2C[C@H](OCC)C[C@H]2C(=O)NC2(CC(C)(C)C2)C(=O)N(C)[C@@H](C(CC)CC)C(=O)N(C)[C@H](C(=O)N(C)C)CC(=O)N1C. The van der Waals surface area contributed by atoms with Crippen molar-refractivity contribution in [2.45, 2.75) is 281 Å². The van der Waals surface area contributed by atoms with Gasteiger partial charge in [0.1, 0.15) is 53.9 Å². The van der Waals surface area contributed by atoms with Crippen molar-refractivity contribution in [3.05, 3.63) is 12.2 Å². The molecule has 7 aliphatic rings. The van der Waals surface area contributed by atoms with Crippen LogP contribution in [0.1, 0.15) is 211 Å². The van der Waals surface area contributed by atoms with Gasteiger partial charge < -0.3 is 64.8 Å². The lowest BCUT2D eigenvalue weighted by atomic mass is 9.58. The van der Waals surface area contributed by atoms with Crippen molar-refractivity contribution in [3.63, 3.8) is 0 Å². The number of nitrogens with zero attached hydrogens (tertiary/aromatic N) is 9. The third-order valence-corrected chi connectivity index (χ3v) is 26.9. The van der Waals surface area contributed by atoms with E-state index in [4.69, 9.17) is 4.74 Å². The van der Waals surface area contributed by atoms with E-state index in [-0.39, 0.29) is 70.1 Å². The summed E-state index contributed by atoms with van der Waals surface area (Å²) >= 11 is 2.06. The van der Waals surface area contributed by atoms with Crippen LogP contribution in [0, 0.1) is 46.8 Å². The Hall–Kier alpha value is -6.31. The first-order valence-corrected chi connectivity index (χ1v) is 40.6. The van der Waals surface area contributed by atoms with Gasteiger partial charge in [0.15, 0.2) is 0 Å². The van der Waals surface area contributed by atoms with Crippen LogP contribution in [-0.2, 0) is 62.3 Å². The highest BCUT2D eigenvalue weighted by molar-refractivity contribution is 8.00. The minimum Gasteiger partial charge on any atom is -0.377 e. The number of likely N-dealkylation sites (N-methyl/N-ethyl adjacent to an activating group) is 7. The van der Waals surface area contributed by atoms with Crippen LogP contribution in [0.5, 0.6) is 0 Å². The minimum absolute atomic E-state index is 0.00677. The van der Waals surface area contributed by atoms with Crippen LogP contribution in [0.15, 0.2) is 12.2 Å². The highest BCUT2D eigenvalue weighted by atomic mass is 32.2. The van der Waals surface area contributed by atoms with Crippen molar-refractivity contribution in [2.75, 3.05) is 89.2 Å². The Kier molecular flexibility index (Phi) is 30.8. The van der Waals surface area contributed by atoms with Crippen LogP contribution in [0.4, 0.5) is 0 Å². The number of rotatable bonds is 15. The van der Waals surface area contributed by atoms with Crippen LogP contribution in [0.2, 0.25) is 0 Å². The third kappa shape index (κ3) is 20.5. The first-order chi connectivity index (χ1) is 49.5. The Morgan fingerprint density at radius 1 is 0.657 bits per heavy atom. The molecule has 7 rings (SSSR count). The predicted molar refractivity (Wildman–Crippen MR) is 406 cm³/mol. The number of fused-ring (bicyclic) bond motifs is 4. The first kappa shape index (κ1) is 85.9. The lowest BCUT2D eigenvalue weighted by molar-refractivity contribution is -0.161. The van der Waals surface area contributed by atoms with Crippen molar-refractivity contribution < 1.29 is 62.3 Å². The van der Waals surface area contributed by atoms with E-state index in [0.717, 1.165) is 44.9 Å². The number of amides is 12. The Labute approximate surface area is 631 Å². The van der Waals surface area contributed by atoms with E-state index in [1.54, 1.807) is 11.8 Å². The highest BCUT2D eigenvalue weighted by Crippen LogP contribution is 2.52. The molecule has 5 unspecified atom stereocenters. The number of hydrogen-bond donors (Lipinski definition) is 3. The topological polar surface area (TPSA) is 279 Å². The fraction of sp³-hybridized carbons (Fsp3) is 0.823. The van der Waals surface area contributed by atoms with E-state index in [0.29, 0.717) is 73.2 Å². The molecule has 4 heterocycles. The average Bonchev–Trinajstić information content (AvgIpc) is 1.27. The van der Waals surface area contributed by atoms with E-state index < -0.39 is 168 Å². The molecular weight excluding hydrogens is 1360 g/mol. The fourth-order valence-electron chi connectivity index (χ4n) is 18.2. The van der Waals surface area contributed by atoms with Crippen LogP contribution in [0.3, 0.4) is 0 Å². The predicted octanol–water partition coefficient (Wildman–Crippen LogP) is 6.74. The van der Waals surface area contributed by atoms with Crippen molar-refractivity contribution in [1.29, 1.82) is 0 Å². The van der Waals surface area contributed by atoms with Crippen LogP contribution < -0.4 is 16.0 Å². The van der Waals surface area contributed by atoms with Gasteiger partial charge in [0.25, 0.3) is 0 Å². The number of thioether (sulfide) groups is 1. The molecule has 0 aromatic carbocycles. The lowest BCUT2D eigenvalue weighted by Crippen LogP contribution is -2.71. The number of nitrogens with one attached hydrogen (secondary N) is 3. The lowest BCUT2D eigenvalue weighted by Gasteiger charge is -2.54. The summed E-state index contributed by atoms with van der Waals surface area (Å²) in [6, 6.07) is -9.43. The maximum atomic E-state index is 15.9. The van der Waals surface area contributed by atoms with Crippen LogP contribution in [-0.4, -0.2) is 275 Å². The summed E-state index contributed by atoms with van der Waals surface area (Å²) < 4.78 is 6.23. The maximum Gasteiger partial charge on any atom is 0.248 e. The molecule has 0 aromatic rings. The summed E-state index contributed by atoms with van der Waals surface area (Å²) in [6.45, 7) is 21.4. The standard InChI is InChI=1S/C79H132N12O13S/c1-20-28-58-69(95)81-67(49(7)21-2)75(101)85(15)45-66(94)87(17)59-29-26-25-27-38-90(74(59)100)62(40-53-32-30-48(6)31-33-53)73(99)84(14)44-64(92)80-57(36-34-52-35-37-63-56(39-52)50(8)51(9)105-63)71(97)91-43-55(104-24-5)41-60(91)70(96)82-79(46-78(10,11)47-79)77(103)89(19)68(54(22-3)23-4)76(102)88(18)61(72(98)83(12)13)42-65(93)86(58)16/h25-26,48-63,67-68H,20-24,27-47H2,1-19H3,(H,80,92)(H,81,95)(H,82,96)/b26-25-/t48?,49-,50?,51?,52?,53?,55+,56?,57-,58-,59-,60-,61-,62-,63?,67-,68-/m0/s1. The second-order valence-corrected chi connectivity index (χ2v) is 35.1. The molecule has 0 radical (unpaired) electrons. The molecule has 0 aromatic heterocycles. The summed E-state index contributed by atoms with van der Waals surface area (Å²) in [7, 11) is 11.9. The molecule has 12 amide bonds. The zero-order chi connectivity index (χ0) is 77.9. The Balaban J connectivity index is 1.33. The molecule has 3 saturated carbocycles. The Morgan fingerprint density at radius 3 is 1.91 bits per heavy atom. The van der Waals surface area contributed by atoms with E-state index in [9.17, 15) is 24.0 Å². The highest BCUT2D eigenvalue weighted by Gasteiger charge is 2.59. The summed E-state index contributed by atoms with van der Waals surface area (Å²) in [5, 5.41) is 10.3. The molecule has 1 spiro atoms. The zero-order valence-corrected chi connectivity index (χ0v) is 68.0. The third-order valence-electron chi connectivity index (χ3n) is 25.1. The van der Waals surface area contributed by atoms with Gasteiger partial charge in [-0.05, 0) is 124 Å². The molecule has 15 atom stereocenters. The molecule has 2 bridgehead atoms. The Bertz CT molecular complexity index is 3110. The van der Waals surface area contributed by atoms with Crippen LogP contribution >= 0.6 is 11.8 Å². The number of hydrogen-bond acceptors (Lipinski definition) is 14. The van der Waals surface area contributed by atoms with E-state index in [1.165, 1.54) is 95.6 Å². The summed E-state index contributed by atoms with van der Waals surface area (Å²) in [6.07, 6.45) is 13.1. The maximum absolute atomic E-state index is 15.9. The van der Waals surface area contributed by atoms with Gasteiger partial charge >= 0.3 is 0 Å². The fourth-order valence-corrected chi connectivity index (χ4v) is 20.1. The molecule has 6 fully saturated rings. The summed E-state index contributed by atoms with van der Waals surface area (Å²) in [5.74, 6) is -6.01. The van der Waals surface area contributed by atoms with E-state index in [2.05, 4.69) is 48.5 Å². The molecule has 25 nitrogen and oxygen atoms in total. The van der Waals surface area contributed by atoms with Gasteiger partial charge in [0.05, 0.1) is 25.6 Å². The second-order valence-electron chi connectivity index (χ2n) is 33.5. The van der Waals surface area contributed by atoms with Crippen molar-refractivity contribution >= 4 is 82.6 Å².